The lowest BCUT2D eigenvalue weighted by molar-refractivity contribution is -0.121. The summed E-state index contributed by atoms with van der Waals surface area (Å²) in [6.07, 6.45) is 0.293. The van der Waals surface area contributed by atoms with Crippen LogP contribution in [0.4, 0.5) is 4.39 Å². The van der Waals surface area contributed by atoms with Crippen molar-refractivity contribution >= 4 is 23.6 Å². The predicted molar refractivity (Wildman–Crippen MR) is 117 cm³/mol. The highest BCUT2D eigenvalue weighted by atomic mass is 32.2. The summed E-state index contributed by atoms with van der Waals surface area (Å²) in [6, 6.07) is 22.2. The van der Waals surface area contributed by atoms with Gasteiger partial charge in [0.15, 0.2) is 0 Å². The number of nitrogens with one attached hydrogen (secondary N) is 1. The molecule has 1 unspecified atom stereocenters. The Balaban J connectivity index is 1.72. The molecule has 7 heteroatoms. The molecule has 0 spiro atoms. The number of primary amides is 1. The van der Waals surface area contributed by atoms with Crippen LogP contribution in [0.5, 0.6) is 0 Å². The molecular formula is C24H20FN3O2S. The molecule has 0 aliphatic rings. The van der Waals surface area contributed by atoms with Gasteiger partial charge in [-0.1, -0.05) is 48.2 Å². The van der Waals surface area contributed by atoms with Crippen LogP contribution in [0.15, 0.2) is 82.6 Å². The molecular weight excluding hydrogens is 413 g/mol. The van der Waals surface area contributed by atoms with Gasteiger partial charge in [0.1, 0.15) is 11.9 Å². The maximum Gasteiger partial charge on any atom is 0.252 e. The Morgan fingerprint density at radius 3 is 2.32 bits per heavy atom. The third-order valence-electron chi connectivity index (χ3n) is 4.67. The van der Waals surface area contributed by atoms with Crippen LogP contribution >= 0.6 is 11.8 Å². The lowest BCUT2D eigenvalue weighted by Crippen LogP contribution is -2.37. The number of carbonyl (C=O) groups is 2. The van der Waals surface area contributed by atoms with Crippen molar-refractivity contribution < 1.29 is 14.0 Å². The molecule has 0 heterocycles. The fourth-order valence-corrected chi connectivity index (χ4v) is 4.02. The summed E-state index contributed by atoms with van der Waals surface area (Å²) in [6.45, 7) is 0.0549. The Hall–Kier alpha value is -3.63. The summed E-state index contributed by atoms with van der Waals surface area (Å²) in [5.41, 5.74) is 7.22. The summed E-state index contributed by atoms with van der Waals surface area (Å²) < 4.78 is 13.1. The first kappa shape index (κ1) is 22.1. The van der Waals surface area contributed by atoms with Crippen LogP contribution in [-0.2, 0) is 11.2 Å². The minimum absolute atomic E-state index is 0.0549. The molecule has 0 fully saturated rings. The van der Waals surface area contributed by atoms with E-state index in [-0.39, 0.29) is 18.3 Å². The maximum atomic E-state index is 13.1. The standard InChI is InChI=1S/C24H20FN3O2S/c25-19-11-9-16(10-12-19)13-18(23(27)29)15-28-24(30)20-6-2-4-8-22(20)31-21-7-3-1-5-17(21)14-26/h1-12,18H,13,15H2,(H2,27,29)(H,28,30). The van der Waals surface area contributed by atoms with Crippen LogP contribution in [-0.4, -0.2) is 18.4 Å². The highest BCUT2D eigenvalue weighted by Gasteiger charge is 2.19. The molecule has 2 amide bonds. The second-order valence-corrected chi connectivity index (χ2v) is 7.93. The van der Waals surface area contributed by atoms with E-state index in [0.717, 1.165) is 10.5 Å². The fraction of sp³-hybridized carbons (Fsp3) is 0.125. The van der Waals surface area contributed by atoms with E-state index in [1.165, 1.54) is 23.9 Å². The van der Waals surface area contributed by atoms with Gasteiger partial charge in [-0.2, -0.15) is 5.26 Å². The Bertz CT molecular complexity index is 1130. The quantitative estimate of drug-likeness (QED) is 0.563. The Morgan fingerprint density at radius 2 is 1.65 bits per heavy atom. The minimum atomic E-state index is -0.631. The molecule has 3 N–H and O–H groups in total. The topological polar surface area (TPSA) is 96.0 Å². The van der Waals surface area contributed by atoms with E-state index in [2.05, 4.69) is 11.4 Å². The third-order valence-corrected chi connectivity index (χ3v) is 5.82. The molecule has 0 radical (unpaired) electrons. The van der Waals surface area contributed by atoms with Gasteiger partial charge in [0, 0.05) is 16.3 Å². The van der Waals surface area contributed by atoms with Crippen molar-refractivity contribution in [3.05, 3.63) is 95.3 Å². The third kappa shape index (κ3) is 5.93. The van der Waals surface area contributed by atoms with E-state index >= 15 is 0 Å². The highest BCUT2D eigenvalue weighted by molar-refractivity contribution is 7.99. The zero-order chi connectivity index (χ0) is 22.2. The van der Waals surface area contributed by atoms with Crippen LogP contribution in [0, 0.1) is 23.1 Å². The summed E-state index contributed by atoms with van der Waals surface area (Å²) in [5, 5.41) is 12.1. The summed E-state index contributed by atoms with van der Waals surface area (Å²) in [4.78, 5) is 26.1. The van der Waals surface area contributed by atoms with Gasteiger partial charge < -0.3 is 11.1 Å². The number of benzene rings is 3. The number of halogens is 1. The van der Waals surface area contributed by atoms with Gasteiger partial charge in [-0.3, -0.25) is 9.59 Å². The van der Waals surface area contributed by atoms with Gasteiger partial charge in [-0.15, -0.1) is 0 Å². The molecule has 0 aromatic heterocycles. The van der Waals surface area contributed by atoms with Gasteiger partial charge in [0.2, 0.25) is 5.91 Å². The normalized spacial score (nSPS) is 11.4. The molecule has 0 aliphatic carbocycles. The van der Waals surface area contributed by atoms with Gasteiger partial charge in [0.05, 0.1) is 17.0 Å². The van der Waals surface area contributed by atoms with E-state index in [0.29, 0.717) is 22.4 Å². The summed E-state index contributed by atoms with van der Waals surface area (Å²) in [5.74, 6) is -1.88. The SMILES string of the molecule is N#Cc1ccccc1Sc1ccccc1C(=O)NCC(Cc1ccc(F)cc1)C(N)=O. The molecule has 1 atom stereocenters. The Morgan fingerprint density at radius 1 is 1.00 bits per heavy atom. The zero-order valence-electron chi connectivity index (χ0n) is 16.5. The Labute approximate surface area is 184 Å². The summed E-state index contributed by atoms with van der Waals surface area (Å²) >= 11 is 1.33. The van der Waals surface area contributed by atoms with Crippen LogP contribution in [0.1, 0.15) is 21.5 Å². The molecule has 156 valence electrons. The van der Waals surface area contributed by atoms with E-state index in [1.807, 2.05) is 18.2 Å². The second kappa shape index (κ2) is 10.4. The molecule has 0 aliphatic heterocycles. The molecule has 3 rings (SSSR count). The monoisotopic (exact) mass is 433 g/mol. The molecule has 3 aromatic rings. The fourth-order valence-electron chi connectivity index (χ4n) is 3.00. The molecule has 0 saturated heterocycles. The van der Waals surface area contributed by atoms with Crippen LogP contribution < -0.4 is 11.1 Å². The second-order valence-electron chi connectivity index (χ2n) is 6.85. The number of carbonyl (C=O) groups excluding carboxylic acids is 2. The van der Waals surface area contributed by atoms with Crippen LogP contribution in [0.3, 0.4) is 0 Å². The number of nitriles is 1. The zero-order valence-corrected chi connectivity index (χ0v) is 17.4. The minimum Gasteiger partial charge on any atom is -0.369 e. The van der Waals surface area contributed by atoms with E-state index in [1.54, 1.807) is 42.5 Å². The van der Waals surface area contributed by atoms with Crippen molar-refractivity contribution in [2.24, 2.45) is 11.7 Å². The number of amides is 2. The lowest BCUT2D eigenvalue weighted by Gasteiger charge is -2.16. The maximum absolute atomic E-state index is 13.1. The van der Waals surface area contributed by atoms with Gasteiger partial charge in [-0.05, 0) is 48.4 Å². The van der Waals surface area contributed by atoms with E-state index in [9.17, 15) is 19.2 Å². The van der Waals surface area contributed by atoms with Crippen molar-refractivity contribution in [3.63, 3.8) is 0 Å². The van der Waals surface area contributed by atoms with Crippen LogP contribution in [0.2, 0.25) is 0 Å². The van der Waals surface area contributed by atoms with Crippen molar-refractivity contribution in [1.29, 1.82) is 5.26 Å². The molecule has 5 nitrogen and oxygen atoms in total. The van der Waals surface area contributed by atoms with Crippen molar-refractivity contribution in [2.45, 2.75) is 16.2 Å². The molecule has 0 saturated carbocycles. The van der Waals surface area contributed by atoms with Crippen molar-refractivity contribution in [2.75, 3.05) is 6.54 Å². The predicted octanol–water partition coefficient (Wildman–Crippen LogP) is 3.92. The number of nitrogens with zero attached hydrogens (tertiary/aromatic N) is 1. The van der Waals surface area contributed by atoms with Gasteiger partial charge in [0.25, 0.3) is 5.91 Å². The first-order valence-electron chi connectivity index (χ1n) is 9.56. The molecule has 0 bridgehead atoms. The number of rotatable bonds is 8. The number of nitrogens with two attached hydrogens (primary N) is 1. The number of hydrogen-bond acceptors (Lipinski definition) is 4. The van der Waals surface area contributed by atoms with Crippen molar-refractivity contribution in [3.8, 4) is 6.07 Å². The van der Waals surface area contributed by atoms with Crippen LogP contribution in [0.25, 0.3) is 0 Å². The van der Waals surface area contributed by atoms with E-state index < -0.39 is 11.8 Å². The first-order valence-corrected chi connectivity index (χ1v) is 10.4. The smallest absolute Gasteiger partial charge is 0.252 e. The average Bonchev–Trinajstić information content (AvgIpc) is 2.78. The van der Waals surface area contributed by atoms with E-state index in [4.69, 9.17) is 5.73 Å². The average molecular weight is 434 g/mol. The van der Waals surface area contributed by atoms with Gasteiger partial charge in [-0.25, -0.2) is 4.39 Å². The molecule has 31 heavy (non-hydrogen) atoms. The first-order chi connectivity index (χ1) is 15.0. The number of hydrogen-bond donors (Lipinski definition) is 2. The largest absolute Gasteiger partial charge is 0.369 e. The Kier molecular flexibility index (Phi) is 7.41. The highest BCUT2D eigenvalue weighted by Crippen LogP contribution is 2.32. The van der Waals surface area contributed by atoms with Gasteiger partial charge >= 0.3 is 0 Å². The lowest BCUT2D eigenvalue weighted by atomic mass is 9.98. The molecule has 3 aromatic carbocycles. The summed E-state index contributed by atoms with van der Waals surface area (Å²) in [7, 11) is 0. The van der Waals surface area contributed by atoms with Crippen molar-refractivity contribution in [1.82, 2.24) is 5.32 Å².